The zero-order valence-electron chi connectivity index (χ0n) is 13.5. The number of carboxylic acids is 1. The molecule has 2 amide bonds. The van der Waals surface area contributed by atoms with E-state index in [9.17, 15) is 31.9 Å². The molecule has 0 aliphatic rings. The monoisotopic (exact) mass is 396 g/mol. The molecule has 0 bridgehead atoms. The van der Waals surface area contributed by atoms with Crippen LogP contribution in [0.1, 0.15) is 13.3 Å². The Morgan fingerprint density at radius 2 is 1.77 bits per heavy atom. The van der Waals surface area contributed by atoms with Crippen LogP contribution in [0.3, 0.4) is 0 Å². The van der Waals surface area contributed by atoms with Crippen LogP contribution in [0.5, 0.6) is 0 Å². The van der Waals surface area contributed by atoms with E-state index in [2.05, 4.69) is 5.32 Å². The van der Waals surface area contributed by atoms with Gasteiger partial charge >= 0.3 is 12.1 Å². The molecular weight excluding hydrogens is 380 g/mol. The van der Waals surface area contributed by atoms with Crippen molar-refractivity contribution < 1.29 is 37.1 Å². The van der Waals surface area contributed by atoms with Gasteiger partial charge in [-0.2, -0.15) is 13.2 Å². The second-order valence-corrected chi connectivity index (χ2v) is 6.56. The first-order chi connectivity index (χ1) is 12.0. The number of carbonyl (C=O) groups is 3. The standard InChI is InChI=1S/C15H16F4N2O4S/c1-8(13(23)21-11(14(24)25)6-15(17,18)19)26-7-12(22)20-10-4-2-9(16)3-5-10/h2-5,8,11H,6-7H2,1H3,(H,20,22)(H,21,23)(H,24,25). The number of nitrogens with one attached hydrogen (secondary N) is 2. The summed E-state index contributed by atoms with van der Waals surface area (Å²) in [5.74, 6) is -3.92. The van der Waals surface area contributed by atoms with Crippen molar-refractivity contribution in [3.63, 3.8) is 0 Å². The summed E-state index contributed by atoms with van der Waals surface area (Å²) in [6.07, 6.45) is -6.45. The predicted molar refractivity (Wildman–Crippen MR) is 87.2 cm³/mol. The van der Waals surface area contributed by atoms with Gasteiger partial charge in [-0.3, -0.25) is 9.59 Å². The highest BCUT2D eigenvalue weighted by Crippen LogP contribution is 2.22. The molecule has 1 aromatic carbocycles. The highest BCUT2D eigenvalue weighted by Gasteiger charge is 2.36. The molecule has 0 aromatic heterocycles. The summed E-state index contributed by atoms with van der Waals surface area (Å²) < 4.78 is 49.7. The molecule has 26 heavy (non-hydrogen) atoms. The van der Waals surface area contributed by atoms with E-state index in [0.717, 1.165) is 23.9 Å². The Bertz CT molecular complexity index is 652. The van der Waals surface area contributed by atoms with Crippen LogP contribution in [0, 0.1) is 5.82 Å². The number of thioether (sulfide) groups is 1. The molecule has 0 heterocycles. The summed E-state index contributed by atoms with van der Waals surface area (Å²) in [4.78, 5) is 34.4. The minimum atomic E-state index is -4.75. The molecule has 3 N–H and O–H groups in total. The Labute approximate surface area is 150 Å². The van der Waals surface area contributed by atoms with Crippen molar-refractivity contribution in [2.24, 2.45) is 0 Å². The zero-order chi connectivity index (χ0) is 19.9. The van der Waals surface area contributed by atoms with Gasteiger partial charge in [0.1, 0.15) is 11.9 Å². The minimum Gasteiger partial charge on any atom is -0.480 e. The Kier molecular flexibility index (Phi) is 7.87. The number of aliphatic carboxylic acids is 1. The Hall–Kier alpha value is -2.30. The first kappa shape index (κ1) is 21.7. The Balaban J connectivity index is 2.48. The predicted octanol–water partition coefficient (Wildman–Crippen LogP) is 2.41. The lowest BCUT2D eigenvalue weighted by Crippen LogP contribution is -2.46. The molecule has 0 aliphatic heterocycles. The summed E-state index contributed by atoms with van der Waals surface area (Å²) >= 11 is 0.814. The number of anilines is 1. The third-order valence-electron chi connectivity index (χ3n) is 3.01. The van der Waals surface area contributed by atoms with Gasteiger partial charge in [-0.1, -0.05) is 0 Å². The minimum absolute atomic E-state index is 0.205. The van der Waals surface area contributed by atoms with E-state index < -0.39 is 47.5 Å². The highest BCUT2D eigenvalue weighted by molar-refractivity contribution is 8.01. The van der Waals surface area contributed by atoms with Crippen LogP contribution < -0.4 is 10.6 Å². The van der Waals surface area contributed by atoms with Crippen LogP contribution in [0.4, 0.5) is 23.2 Å². The number of hydrogen-bond donors (Lipinski definition) is 3. The highest BCUT2D eigenvalue weighted by atomic mass is 32.2. The first-order valence-corrected chi connectivity index (χ1v) is 8.30. The quantitative estimate of drug-likeness (QED) is 0.587. The molecule has 144 valence electrons. The third kappa shape index (κ3) is 8.19. The van der Waals surface area contributed by atoms with Crippen molar-refractivity contribution in [3.05, 3.63) is 30.1 Å². The molecule has 0 saturated heterocycles. The van der Waals surface area contributed by atoms with Crippen molar-refractivity contribution in [3.8, 4) is 0 Å². The lowest BCUT2D eigenvalue weighted by Gasteiger charge is -2.18. The van der Waals surface area contributed by atoms with E-state index in [4.69, 9.17) is 5.11 Å². The van der Waals surface area contributed by atoms with Gasteiger partial charge < -0.3 is 15.7 Å². The molecule has 0 saturated carbocycles. The molecule has 2 atom stereocenters. The van der Waals surface area contributed by atoms with E-state index in [-0.39, 0.29) is 5.75 Å². The maximum Gasteiger partial charge on any atom is 0.391 e. The lowest BCUT2D eigenvalue weighted by molar-refractivity contribution is -0.159. The number of alkyl halides is 3. The molecule has 2 unspecified atom stereocenters. The first-order valence-electron chi connectivity index (χ1n) is 7.25. The van der Waals surface area contributed by atoms with Gasteiger partial charge in [0.05, 0.1) is 17.4 Å². The molecular formula is C15H16F4N2O4S. The second kappa shape index (κ2) is 9.41. The van der Waals surface area contributed by atoms with Gasteiger partial charge in [0, 0.05) is 5.69 Å². The smallest absolute Gasteiger partial charge is 0.391 e. The Morgan fingerprint density at radius 1 is 1.19 bits per heavy atom. The van der Waals surface area contributed by atoms with Gasteiger partial charge in [0.15, 0.2) is 0 Å². The number of carbonyl (C=O) groups excluding carboxylic acids is 2. The van der Waals surface area contributed by atoms with Crippen LogP contribution in [0.15, 0.2) is 24.3 Å². The maximum absolute atomic E-state index is 12.8. The largest absolute Gasteiger partial charge is 0.480 e. The molecule has 1 rings (SSSR count). The van der Waals surface area contributed by atoms with Crippen molar-refractivity contribution in [2.45, 2.75) is 30.8 Å². The summed E-state index contributed by atoms with van der Waals surface area (Å²) in [6, 6.07) is 2.86. The summed E-state index contributed by atoms with van der Waals surface area (Å²) in [5, 5.41) is 12.1. The van der Waals surface area contributed by atoms with Crippen LogP contribution in [0.25, 0.3) is 0 Å². The van der Waals surface area contributed by atoms with Crippen LogP contribution >= 0.6 is 11.8 Å². The Morgan fingerprint density at radius 3 is 2.27 bits per heavy atom. The summed E-state index contributed by atoms with van der Waals surface area (Å²) in [5.41, 5.74) is 0.338. The van der Waals surface area contributed by atoms with Crippen molar-refractivity contribution in [1.29, 1.82) is 0 Å². The number of hydrogen-bond acceptors (Lipinski definition) is 4. The van der Waals surface area contributed by atoms with E-state index in [1.165, 1.54) is 19.1 Å². The zero-order valence-corrected chi connectivity index (χ0v) is 14.3. The molecule has 6 nitrogen and oxygen atoms in total. The molecule has 1 aromatic rings. The summed E-state index contributed by atoms with van der Waals surface area (Å²) in [7, 11) is 0. The fraction of sp³-hybridized carbons (Fsp3) is 0.400. The SMILES string of the molecule is CC(SCC(=O)Nc1ccc(F)cc1)C(=O)NC(CC(F)(F)F)C(=O)O. The second-order valence-electron chi connectivity index (χ2n) is 5.23. The molecule has 0 spiro atoms. The molecule has 0 aliphatic carbocycles. The van der Waals surface area contributed by atoms with Gasteiger partial charge in [0.2, 0.25) is 11.8 Å². The van der Waals surface area contributed by atoms with Gasteiger partial charge in [-0.05, 0) is 31.2 Å². The van der Waals surface area contributed by atoms with E-state index >= 15 is 0 Å². The fourth-order valence-electron chi connectivity index (χ4n) is 1.73. The average Bonchev–Trinajstić information content (AvgIpc) is 2.52. The van der Waals surface area contributed by atoms with Crippen molar-refractivity contribution >= 4 is 35.2 Å². The van der Waals surface area contributed by atoms with Crippen LogP contribution in [-0.4, -0.2) is 46.1 Å². The number of amides is 2. The maximum atomic E-state index is 12.8. The lowest BCUT2D eigenvalue weighted by atomic mass is 10.2. The summed E-state index contributed by atoms with van der Waals surface area (Å²) in [6.45, 7) is 1.33. The third-order valence-corrected chi connectivity index (χ3v) is 4.15. The van der Waals surface area contributed by atoms with Gasteiger partial charge in [-0.15, -0.1) is 11.8 Å². The average molecular weight is 396 g/mol. The number of halogens is 4. The van der Waals surface area contributed by atoms with E-state index in [1.54, 1.807) is 5.32 Å². The van der Waals surface area contributed by atoms with Crippen molar-refractivity contribution in [1.82, 2.24) is 5.32 Å². The molecule has 0 radical (unpaired) electrons. The van der Waals surface area contributed by atoms with Gasteiger partial charge in [-0.25, -0.2) is 9.18 Å². The van der Waals surface area contributed by atoms with Crippen molar-refractivity contribution in [2.75, 3.05) is 11.1 Å². The van der Waals surface area contributed by atoms with Crippen LogP contribution in [-0.2, 0) is 14.4 Å². The molecule has 0 fully saturated rings. The normalized spacial score (nSPS) is 13.6. The van der Waals surface area contributed by atoms with E-state index in [0.29, 0.717) is 5.69 Å². The number of benzene rings is 1. The van der Waals surface area contributed by atoms with Gasteiger partial charge in [0.25, 0.3) is 0 Å². The topological polar surface area (TPSA) is 95.5 Å². The molecule has 11 heteroatoms. The number of carboxylic acid groups (broad SMARTS) is 1. The number of rotatable bonds is 8. The van der Waals surface area contributed by atoms with E-state index in [1.807, 2.05) is 0 Å². The van der Waals surface area contributed by atoms with Crippen LogP contribution in [0.2, 0.25) is 0 Å². The fourth-order valence-corrected chi connectivity index (χ4v) is 2.42.